The van der Waals surface area contributed by atoms with Crippen LogP contribution in [-0.4, -0.2) is 60.5 Å². The summed E-state index contributed by atoms with van der Waals surface area (Å²) < 4.78 is 7.02. The molecule has 1 aliphatic heterocycles. The van der Waals surface area contributed by atoms with Crippen molar-refractivity contribution in [3.8, 4) is 5.75 Å². The largest absolute Gasteiger partial charge is 0.497 e. The molecule has 10 heteroatoms. The van der Waals surface area contributed by atoms with Gasteiger partial charge in [0, 0.05) is 12.7 Å². The normalized spacial score (nSPS) is 17.7. The van der Waals surface area contributed by atoms with Crippen LogP contribution in [0.25, 0.3) is 0 Å². The van der Waals surface area contributed by atoms with E-state index in [4.69, 9.17) is 4.74 Å². The van der Waals surface area contributed by atoms with Gasteiger partial charge < -0.3 is 19.7 Å². The van der Waals surface area contributed by atoms with Crippen LogP contribution >= 0.6 is 0 Å². The van der Waals surface area contributed by atoms with Crippen molar-refractivity contribution in [1.29, 1.82) is 0 Å². The van der Waals surface area contributed by atoms with Crippen molar-refractivity contribution in [2.75, 3.05) is 18.6 Å². The van der Waals surface area contributed by atoms with E-state index in [1.165, 1.54) is 0 Å². The predicted molar refractivity (Wildman–Crippen MR) is 145 cm³/mol. The van der Waals surface area contributed by atoms with Gasteiger partial charge in [0.05, 0.1) is 19.6 Å². The Balaban J connectivity index is 1.86. The Bertz CT molecular complexity index is 1150. The minimum atomic E-state index is -2.28. The maximum Gasteiger partial charge on any atom is 0.413 e. The van der Waals surface area contributed by atoms with Crippen LogP contribution in [0.15, 0.2) is 42.6 Å². The molecule has 0 saturated carbocycles. The van der Waals surface area contributed by atoms with Crippen molar-refractivity contribution >= 4 is 32.0 Å². The van der Waals surface area contributed by atoms with Crippen molar-refractivity contribution in [1.82, 2.24) is 14.9 Å². The molecule has 3 amide bonds. The van der Waals surface area contributed by atoms with Gasteiger partial charge in [0.1, 0.15) is 17.6 Å². The van der Waals surface area contributed by atoms with E-state index in [0.717, 1.165) is 16.0 Å². The van der Waals surface area contributed by atoms with Gasteiger partial charge in [-0.1, -0.05) is 46.0 Å². The third kappa shape index (κ3) is 5.79. The number of carboxylic acid groups (broad SMARTS) is 1. The number of likely N-dealkylation sites (N-methyl/N-ethyl adjacent to an activating group) is 1. The SMILES string of the molecule is CCNC(=O)[C@@H]1[C@@H](Cc2ccnc(N(Cc3ccc(OC)cc3)C(=O)O)c2)C(=O)N1[Si](C)(C)C(C)(C)C. The number of nitrogens with zero attached hydrogens (tertiary/aromatic N) is 3. The molecule has 1 aliphatic rings. The Morgan fingerprint density at radius 2 is 1.81 bits per heavy atom. The third-order valence-corrected chi connectivity index (χ3v) is 12.9. The number of aromatic nitrogens is 1. The second-order valence-corrected chi connectivity index (χ2v) is 16.0. The molecule has 0 unspecified atom stereocenters. The average molecular weight is 527 g/mol. The summed E-state index contributed by atoms with van der Waals surface area (Å²) in [4.78, 5) is 44.1. The van der Waals surface area contributed by atoms with Crippen LogP contribution in [0.5, 0.6) is 5.75 Å². The number of ether oxygens (including phenoxy) is 1. The first-order valence-electron chi connectivity index (χ1n) is 12.5. The molecule has 1 aromatic carbocycles. The van der Waals surface area contributed by atoms with Crippen molar-refractivity contribution < 1.29 is 24.2 Å². The number of β-lactam (4-membered cyclic amide) rings is 1. The van der Waals surface area contributed by atoms with Gasteiger partial charge in [-0.3, -0.25) is 14.5 Å². The van der Waals surface area contributed by atoms with E-state index >= 15 is 0 Å². The molecule has 0 spiro atoms. The molecule has 0 radical (unpaired) electrons. The molecule has 1 saturated heterocycles. The first kappa shape index (κ1) is 28.2. The number of anilines is 1. The van der Waals surface area contributed by atoms with E-state index in [0.29, 0.717) is 18.7 Å². The van der Waals surface area contributed by atoms with Gasteiger partial charge in [0.25, 0.3) is 0 Å². The molecule has 0 aliphatic carbocycles. The molecule has 0 bridgehead atoms. The van der Waals surface area contributed by atoms with E-state index in [2.05, 4.69) is 44.2 Å². The van der Waals surface area contributed by atoms with Gasteiger partial charge >= 0.3 is 6.09 Å². The number of nitrogens with one attached hydrogen (secondary N) is 1. The lowest BCUT2D eigenvalue weighted by molar-refractivity contribution is -0.155. The van der Waals surface area contributed by atoms with Gasteiger partial charge in [-0.2, -0.15) is 0 Å². The topological polar surface area (TPSA) is 112 Å². The van der Waals surface area contributed by atoms with Gasteiger partial charge in [-0.25, -0.2) is 9.78 Å². The average Bonchev–Trinajstić information content (AvgIpc) is 2.83. The Kier molecular flexibility index (Phi) is 8.31. The quantitative estimate of drug-likeness (QED) is 0.372. The van der Waals surface area contributed by atoms with Crippen LogP contribution in [0.3, 0.4) is 0 Å². The van der Waals surface area contributed by atoms with Crippen molar-refractivity contribution in [3.63, 3.8) is 0 Å². The first-order chi connectivity index (χ1) is 17.3. The zero-order valence-electron chi connectivity index (χ0n) is 22.7. The smallest absolute Gasteiger partial charge is 0.413 e. The molecular weight excluding hydrogens is 488 g/mol. The number of hydrogen-bond donors (Lipinski definition) is 2. The lowest BCUT2D eigenvalue weighted by Crippen LogP contribution is -2.76. The van der Waals surface area contributed by atoms with E-state index < -0.39 is 26.3 Å². The van der Waals surface area contributed by atoms with Crippen molar-refractivity contribution in [3.05, 3.63) is 53.7 Å². The third-order valence-electron chi connectivity index (χ3n) is 7.54. The number of benzene rings is 1. The lowest BCUT2D eigenvalue weighted by Gasteiger charge is -2.57. The van der Waals surface area contributed by atoms with E-state index in [1.54, 1.807) is 49.7 Å². The van der Waals surface area contributed by atoms with Gasteiger partial charge in [-0.05, 0) is 53.8 Å². The van der Waals surface area contributed by atoms with Crippen LogP contribution in [-0.2, 0) is 22.6 Å². The number of rotatable bonds is 9. The molecule has 3 rings (SSSR count). The van der Waals surface area contributed by atoms with Crippen LogP contribution in [0.4, 0.5) is 10.6 Å². The highest BCUT2D eigenvalue weighted by molar-refractivity contribution is 6.80. The predicted octanol–water partition coefficient (Wildman–Crippen LogP) is 4.29. The Hall–Kier alpha value is -3.40. The minimum absolute atomic E-state index is 0.0190. The fraction of sp³-hybridized carbons (Fsp3) is 0.481. The number of carbonyl (C=O) groups is 3. The van der Waals surface area contributed by atoms with Crippen LogP contribution in [0, 0.1) is 5.92 Å². The van der Waals surface area contributed by atoms with Crippen LogP contribution < -0.4 is 15.0 Å². The number of pyridine rings is 1. The van der Waals surface area contributed by atoms with Gasteiger partial charge in [-0.15, -0.1) is 0 Å². The maximum absolute atomic E-state index is 13.4. The maximum atomic E-state index is 13.4. The summed E-state index contributed by atoms with van der Waals surface area (Å²) in [5.74, 6) is 0.288. The molecule has 2 atom stereocenters. The van der Waals surface area contributed by atoms with E-state index in [-0.39, 0.29) is 29.2 Å². The van der Waals surface area contributed by atoms with Crippen molar-refractivity contribution in [2.24, 2.45) is 5.92 Å². The first-order valence-corrected chi connectivity index (χ1v) is 15.5. The molecule has 1 aromatic heterocycles. The molecule has 2 heterocycles. The lowest BCUT2D eigenvalue weighted by atomic mass is 9.84. The molecular formula is C27H38N4O5Si. The number of carbonyl (C=O) groups excluding carboxylic acids is 2. The second-order valence-electron chi connectivity index (χ2n) is 10.9. The minimum Gasteiger partial charge on any atom is -0.497 e. The molecule has 1 fully saturated rings. The van der Waals surface area contributed by atoms with Gasteiger partial charge in [0.15, 0.2) is 8.24 Å². The Labute approximate surface area is 219 Å². The van der Waals surface area contributed by atoms with E-state index in [1.807, 2.05) is 11.5 Å². The highest BCUT2D eigenvalue weighted by atomic mass is 28.3. The second kappa shape index (κ2) is 10.9. The molecule has 2 aromatic rings. The van der Waals surface area contributed by atoms with E-state index in [9.17, 15) is 19.5 Å². The highest BCUT2D eigenvalue weighted by Gasteiger charge is 2.59. The summed E-state index contributed by atoms with van der Waals surface area (Å²) in [6.07, 6.45) is 0.742. The highest BCUT2D eigenvalue weighted by Crippen LogP contribution is 2.45. The molecule has 200 valence electrons. The number of methoxy groups -OCH3 is 1. The summed E-state index contributed by atoms with van der Waals surface area (Å²) in [6, 6.07) is 10.1. The van der Waals surface area contributed by atoms with Crippen LogP contribution in [0.2, 0.25) is 18.1 Å². The summed E-state index contributed by atoms with van der Waals surface area (Å²) in [5, 5.41) is 12.7. The zero-order valence-corrected chi connectivity index (χ0v) is 23.7. The number of hydrogen-bond acceptors (Lipinski definition) is 5. The molecule has 37 heavy (non-hydrogen) atoms. The fourth-order valence-electron chi connectivity index (χ4n) is 4.46. The monoisotopic (exact) mass is 526 g/mol. The number of amides is 3. The van der Waals surface area contributed by atoms with Crippen LogP contribution in [0.1, 0.15) is 38.8 Å². The van der Waals surface area contributed by atoms with Crippen molar-refractivity contribution in [2.45, 2.75) is 64.8 Å². The Morgan fingerprint density at radius 1 is 1.16 bits per heavy atom. The molecule has 2 N–H and O–H groups in total. The molecule has 9 nitrogen and oxygen atoms in total. The summed E-state index contributed by atoms with van der Waals surface area (Å²) in [5.41, 5.74) is 1.54. The zero-order chi connectivity index (χ0) is 27.5. The summed E-state index contributed by atoms with van der Waals surface area (Å²) >= 11 is 0. The summed E-state index contributed by atoms with van der Waals surface area (Å²) in [6.45, 7) is 13.1. The fourth-order valence-corrected chi connectivity index (χ4v) is 6.89. The van der Waals surface area contributed by atoms with Gasteiger partial charge in [0.2, 0.25) is 11.8 Å². The summed E-state index contributed by atoms with van der Waals surface area (Å²) in [7, 11) is -0.704. The standard InChI is InChI=1S/C27H38N4O5Si/c1-8-28-24(32)23-21(25(33)31(23)37(6,7)27(2,3)4)15-19-13-14-29-22(16-19)30(26(34)35)17-18-9-11-20(36-5)12-10-18/h9-14,16,21,23H,8,15,17H2,1-7H3,(H,28,32)(H,34,35)/t21-,23+/m1/s1. The Morgan fingerprint density at radius 3 is 2.35 bits per heavy atom.